The average molecular weight is 106 g/mol. The largest absolute Gasteiger partial charge is 0.412 e. The smallest absolute Gasteiger partial charge is 0.314 e. The summed E-state index contributed by atoms with van der Waals surface area (Å²) in [5.74, 6) is 0. The highest BCUT2D eigenvalue weighted by Gasteiger charge is 1.81. The van der Waals surface area contributed by atoms with Gasteiger partial charge in [0.1, 0.15) is 0 Å². The highest BCUT2D eigenvalue weighted by molar-refractivity contribution is 5.72. The summed E-state index contributed by atoms with van der Waals surface area (Å²) in [4.78, 5) is 9.96. The van der Waals surface area contributed by atoms with Gasteiger partial charge in [0.05, 0.1) is 0 Å². The average Bonchev–Trinajstić information content (AvgIpc) is 1.65. The van der Waals surface area contributed by atoms with E-state index in [0.29, 0.717) is 0 Å². The molecule has 4 N–H and O–H groups in total. The molecule has 0 rings (SSSR count). The standard InChI is InChI=1S/C3H8N2O.H2O/c1-4-3(6)5-2;/h1-2H3,(H2,4,5,6);1H2. The summed E-state index contributed by atoms with van der Waals surface area (Å²) < 4.78 is 0. The predicted octanol–water partition coefficient (Wildman–Crippen LogP) is -1.28. The molecule has 0 bridgehead atoms. The fourth-order valence-corrected chi connectivity index (χ4v) is 0.125. The third kappa shape index (κ3) is 5.23. The zero-order valence-electron chi connectivity index (χ0n) is 4.41. The molecule has 0 aliphatic heterocycles. The molecule has 0 aliphatic carbocycles. The third-order valence-electron chi connectivity index (χ3n) is 0.454. The molecule has 0 spiro atoms. The Balaban J connectivity index is 0. The van der Waals surface area contributed by atoms with Crippen LogP contribution in [-0.2, 0) is 0 Å². The second-order valence-corrected chi connectivity index (χ2v) is 0.829. The van der Waals surface area contributed by atoms with Gasteiger partial charge in [-0.15, -0.1) is 0 Å². The lowest BCUT2D eigenvalue weighted by molar-refractivity contribution is 0.245. The predicted molar refractivity (Wildman–Crippen MR) is 27.1 cm³/mol. The highest BCUT2D eigenvalue weighted by atomic mass is 16.2. The fraction of sp³-hybridized carbons (Fsp3) is 0.667. The van der Waals surface area contributed by atoms with Crippen LogP contribution in [0.15, 0.2) is 0 Å². The van der Waals surface area contributed by atoms with Crippen LogP contribution in [0.1, 0.15) is 0 Å². The Bertz CT molecular complexity index is 48.9. The van der Waals surface area contributed by atoms with Crippen LogP contribution in [0.4, 0.5) is 4.79 Å². The number of urea groups is 1. The Kier molecular flexibility index (Phi) is 7.12. The number of amides is 2. The van der Waals surface area contributed by atoms with Gasteiger partial charge in [0.15, 0.2) is 0 Å². The van der Waals surface area contributed by atoms with Crippen molar-refractivity contribution in [3.8, 4) is 0 Å². The lowest BCUT2D eigenvalue weighted by atomic mass is 11.0. The molecule has 7 heavy (non-hydrogen) atoms. The second-order valence-electron chi connectivity index (χ2n) is 0.829. The zero-order valence-corrected chi connectivity index (χ0v) is 4.41. The minimum absolute atomic E-state index is 0. The normalized spacial score (nSPS) is 6.00. The molecule has 4 heteroatoms. The van der Waals surface area contributed by atoms with Crippen molar-refractivity contribution in [3.05, 3.63) is 0 Å². The van der Waals surface area contributed by atoms with Crippen molar-refractivity contribution in [1.29, 1.82) is 0 Å². The maximum atomic E-state index is 9.96. The van der Waals surface area contributed by atoms with Crippen LogP contribution in [0.2, 0.25) is 0 Å². The molecule has 0 fully saturated rings. The fourth-order valence-electron chi connectivity index (χ4n) is 0.125. The van der Waals surface area contributed by atoms with E-state index in [2.05, 4.69) is 10.6 Å². The summed E-state index contributed by atoms with van der Waals surface area (Å²) in [7, 11) is 3.14. The molecule has 0 radical (unpaired) electrons. The van der Waals surface area contributed by atoms with Gasteiger partial charge in [0.2, 0.25) is 0 Å². The first-order chi connectivity index (χ1) is 2.81. The first-order valence-electron chi connectivity index (χ1n) is 1.70. The Hall–Kier alpha value is -0.770. The summed E-state index contributed by atoms with van der Waals surface area (Å²) in [5.41, 5.74) is 0. The number of rotatable bonds is 0. The Morgan fingerprint density at radius 3 is 1.57 bits per heavy atom. The molecule has 0 unspecified atom stereocenters. The second kappa shape index (κ2) is 5.23. The third-order valence-corrected chi connectivity index (χ3v) is 0.454. The van der Waals surface area contributed by atoms with Crippen molar-refractivity contribution >= 4 is 6.03 Å². The van der Waals surface area contributed by atoms with Gasteiger partial charge in [-0.2, -0.15) is 0 Å². The molecular formula is C3H10N2O2. The van der Waals surface area contributed by atoms with E-state index in [1.165, 1.54) is 0 Å². The van der Waals surface area contributed by atoms with Gasteiger partial charge >= 0.3 is 6.03 Å². The van der Waals surface area contributed by atoms with Gasteiger partial charge in [0.25, 0.3) is 0 Å². The molecule has 0 aromatic rings. The Morgan fingerprint density at radius 1 is 1.29 bits per heavy atom. The van der Waals surface area contributed by atoms with E-state index in [4.69, 9.17) is 0 Å². The van der Waals surface area contributed by atoms with E-state index in [-0.39, 0.29) is 11.5 Å². The van der Waals surface area contributed by atoms with Crippen LogP contribution >= 0.6 is 0 Å². The number of carbonyl (C=O) groups is 1. The van der Waals surface area contributed by atoms with Crippen LogP contribution in [-0.4, -0.2) is 25.6 Å². The van der Waals surface area contributed by atoms with E-state index in [0.717, 1.165) is 0 Å². The number of hydrogen-bond donors (Lipinski definition) is 2. The summed E-state index contributed by atoms with van der Waals surface area (Å²) in [6.07, 6.45) is 0. The molecule has 4 nitrogen and oxygen atoms in total. The number of carbonyl (C=O) groups excluding carboxylic acids is 1. The van der Waals surface area contributed by atoms with Crippen molar-refractivity contribution in [2.75, 3.05) is 14.1 Å². The van der Waals surface area contributed by atoms with Crippen molar-refractivity contribution in [1.82, 2.24) is 10.6 Å². The number of hydrogen-bond acceptors (Lipinski definition) is 1. The summed E-state index contributed by atoms with van der Waals surface area (Å²) >= 11 is 0. The van der Waals surface area contributed by atoms with E-state index >= 15 is 0 Å². The summed E-state index contributed by atoms with van der Waals surface area (Å²) in [6.45, 7) is 0. The molecule has 0 aliphatic rings. The van der Waals surface area contributed by atoms with E-state index in [1.54, 1.807) is 14.1 Å². The summed E-state index contributed by atoms with van der Waals surface area (Å²) in [5, 5.41) is 4.73. The minimum atomic E-state index is -0.157. The lowest BCUT2D eigenvalue weighted by Crippen LogP contribution is -2.28. The van der Waals surface area contributed by atoms with E-state index in [9.17, 15) is 4.79 Å². The van der Waals surface area contributed by atoms with Crippen molar-refractivity contribution in [3.63, 3.8) is 0 Å². The SMILES string of the molecule is CNC(=O)NC.O. The molecule has 0 saturated carbocycles. The van der Waals surface area contributed by atoms with Crippen molar-refractivity contribution in [2.45, 2.75) is 0 Å². The molecule has 0 atom stereocenters. The van der Waals surface area contributed by atoms with E-state index in [1.807, 2.05) is 0 Å². The van der Waals surface area contributed by atoms with Crippen molar-refractivity contribution in [2.24, 2.45) is 0 Å². The topological polar surface area (TPSA) is 72.6 Å². The maximum Gasteiger partial charge on any atom is 0.314 e. The first-order valence-corrected chi connectivity index (χ1v) is 1.70. The van der Waals surface area contributed by atoms with Crippen LogP contribution in [0, 0.1) is 0 Å². The quantitative estimate of drug-likeness (QED) is 0.396. The molecular weight excluding hydrogens is 96.0 g/mol. The van der Waals surface area contributed by atoms with Crippen LogP contribution in [0.5, 0.6) is 0 Å². The van der Waals surface area contributed by atoms with Gasteiger partial charge in [-0.1, -0.05) is 0 Å². The molecule has 0 heterocycles. The highest BCUT2D eigenvalue weighted by Crippen LogP contribution is 1.48. The van der Waals surface area contributed by atoms with Crippen LogP contribution < -0.4 is 10.6 Å². The maximum absolute atomic E-state index is 9.96. The van der Waals surface area contributed by atoms with Gasteiger partial charge in [-0.3, -0.25) is 0 Å². The van der Waals surface area contributed by atoms with E-state index < -0.39 is 0 Å². The molecule has 0 aromatic carbocycles. The lowest BCUT2D eigenvalue weighted by Gasteiger charge is -1.91. The van der Waals surface area contributed by atoms with Gasteiger partial charge in [0, 0.05) is 14.1 Å². The minimum Gasteiger partial charge on any atom is -0.412 e. The Morgan fingerprint density at radius 2 is 1.57 bits per heavy atom. The molecule has 2 amide bonds. The van der Waals surface area contributed by atoms with Crippen LogP contribution in [0.25, 0.3) is 0 Å². The monoisotopic (exact) mass is 106 g/mol. The number of nitrogens with one attached hydrogen (secondary N) is 2. The molecule has 44 valence electrons. The molecule has 0 saturated heterocycles. The Labute approximate surface area is 42.2 Å². The first kappa shape index (κ1) is 9.52. The van der Waals surface area contributed by atoms with Gasteiger partial charge < -0.3 is 16.1 Å². The molecule has 0 aromatic heterocycles. The van der Waals surface area contributed by atoms with Gasteiger partial charge in [-0.25, -0.2) is 4.79 Å². The van der Waals surface area contributed by atoms with Gasteiger partial charge in [-0.05, 0) is 0 Å². The summed E-state index contributed by atoms with van der Waals surface area (Å²) in [6, 6.07) is -0.157. The van der Waals surface area contributed by atoms with Crippen LogP contribution in [0.3, 0.4) is 0 Å². The van der Waals surface area contributed by atoms with Crippen molar-refractivity contribution < 1.29 is 10.3 Å². The zero-order chi connectivity index (χ0) is 4.99.